The van der Waals surface area contributed by atoms with Gasteiger partial charge in [-0.05, 0) is 64.3 Å². The number of ether oxygens (including phenoxy) is 1. The summed E-state index contributed by atoms with van der Waals surface area (Å²) in [4.78, 5) is 34.3. The van der Waals surface area contributed by atoms with Crippen molar-refractivity contribution in [2.75, 3.05) is 18.4 Å². The molecular formula is C22H28N4O4. The largest absolute Gasteiger partial charge is 0.478 e. The number of aromatic carboxylic acids is 1. The molecule has 2 aromatic rings. The standard InChI is InChI=1S/C22H28N4O4/c1-14-7-8-15(19(27)28)12-18(14)25-20-23-10-9-17(24-20)16-6-5-11-26(13-16)21(29)30-22(2,3)4/h7-10,12,16H,5-6,11,13H2,1-4H3,(H,27,28)(H,23,24,25). The number of likely N-dealkylation sites (tertiary alicyclic amines) is 1. The van der Waals surface area contributed by atoms with E-state index >= 15 is 0 Å². The first-order chi connectivity index (χ1) is 14.1. The SMILES string of the molecule is Cc1ccc(C(=O)O)cc1Nc1nccc(C2CCCN(C(=O)OC(C)(C)C)C2)n1. The lowest BCUT2D eigenvalue weighted by atomic mass is 9.95. The van der Waals surface area contributed by atoms with E-state index in [0.717, 1.165) is 24.1 Å². The van der Waals surface area contributed by atoms with Crippen molar-refractivity contribution in [2.24, 2.45) is 0 Å². The molecule has 8 nitrogen and oxygen atoms in total. The molecule has 1 atom stereocenters. The number of hydrogen-bond acceptors (Lipinski definition) is 6. The van der Waals surface area contributed by atoms with Crippen LogP contribution in [0.5, 0.6) is 0 Å². The number of carboxylic acid groups (broad SMARTS) is 1. The third kappa shape index (κ3) is 5.46. The Morgan fingerprint density at radius 3 is 2.73 bits per heavy atom. The Labute approximate surface area is 176 Å². The second-order valence-corrected chi connectivity index (χ2v) is 8.53. The lowest BCUT2D eigenvalue weighted by molar-refractivity contribution is 0.0197. The summed E-state index contributed by atoms with van der Waals surface area (Å²) in [5, 5.41) is 12.3. The number of carbonyl (C=O) groups excluding carboxylic acids is 1. The van der Waals surface area contributed by atoms with Crippen LogP contribution < -0.4 is 5.32 Å². The van der Waals surface area contributed by atoms with Crippen LogP contribution in [-0.4, -0.2) is 50.7 Å². The molecule has 1 aromatic carbocycles. The molecule has 1 aromatic heterocycles. The van der Waals surface area contributed by atoms with Crippen LogP contribution in [0.3, 0.4) is 0 Å². The minimum Gasteiger partial charge on any atom is -0.478 e. The number of carboxylic acids is 1. The van der Waals surface area contributed by atoms with Gasteiger partial charge in [-0.1, -0.05) is 6.07 Å². The van der Waals surface area contributed by atoms with Crippen LogP contribution in [0.1, 0.15) is 61.1 Å². The van der Waals surface area contributed by atoms with Gasteiger partial charge in [0.25, 0.3) is 0 Å². The van der Waals surface area contributed by atoms with Crippen LogP contribution in [0.2, 0.25) is 0 Å². The molecule has 1 unspecified atom stereocenters. The van der Waals surface area contributed by atoms with E-state index in [0.29, 0.717) is 24.7 Å². The molecule has 0 spiro atoms. The van der Waals surface area contributed by atoms with E-state index in [4.69, 9.17) is 4.74 Å². The summed E-state index contributed by atoms with van der Waals surface area (Å²) in [6, 6.07) is 6.73. The van der Waals surface area contributed by atoms with Crippen LogP contribution in [0.15, 0.2) is 30.5 Å². The number of aryl methyl sites for hydroxylation is 1. The lowest BCUT2D eigenvalue weighted by Crippen LogP contribution is -2.42. The Hall–Kier alpha value is -3.16. The normalized spacial score (nSPS) is 16.8. The van der Waals surface area contributed by atoms with Crippen molar-refractivity contribution in [3.63, 3.8) is 0 Å². The number of nitrogens with one attached hydrogen (secondary N) is 1. The van der Waals surface area contributed by atoms with Crippen molar-refractivity contribution < 1.29 is 19.4 Å². The van der Waals surface area contributed by atoms with Crippen LogP contribution in [0.25, 0.3) is 0 Å². The molecule has 2 N–H and O–H groups in total. The first-order valence-corrected chi connectivity index (χ1v) is 10.0. The van der Waals surface area contributed by atoms with Crippen LogP contribution in [0.4, 0.5) is 16.4 Å². The Bertz CT molecular complexity index is 939. The molecule has 1 aliphatic heterocycles. The molecule has 0 saturated carbocycles. The van der Waals surface area contributed by atoms with Gasteiger partial charge in [0.2, 0.25) is 5.95 Å². The van der Waals surface area contributed by atoms with E-state index in [9.17, 15) is 14.7 Å². The van der Waals surface area contributed by atoms with Gasteiger partial charge < -0.3 is 20.1 Å². The summed E-state index contributed by atoms with van der Waals surface area (Å²) >= 11 is 0. The second-order valence-electron chi connectivity index (χ2n) is 8.53. The van der Waals surface area contributed by atoms with Gasteiger partial charge in [0.15, 0.2) is 0 Å². The predicted octanol–water partition coefficient (Wildman–Crippen LogP) is 4.34. The summed E-state index contributed by atoms with van der Waals surface area (Å²) in [5.74, 6) is -0.508. The third-order valence-corrected chi connectivity index (χ3v) is 4.90. The number of piperidine rings is 1. The van der Waals surface area contributed by atoms with Crippen molar-refractivity contribution in [1.82, 2.24) is 14.9 Å². The average Bonchev–Trinajstić information content (AvgIpc) is 2.68. The maximum atomic E-state index is 12.4. The van der Waals surface area contributed by atoms with Gasteiger partial charge in [0.05, 0.1) is 11.3 Å². The highest BCUT2D eigenvalue weighted by atomic mass is 16.6. The smallest absolute Gasteiger partial charge is 0.410 e. The summed E-state index contributed by atoms with van der Waals surface area (Å²) in [6.45, 7) is 8.67. The number of anilines is 2. The number of benzene rings is 1. The fraction of sp³-hybridized carbons (Fsp3) is 0.455. The molecule has 160 valence electrons. The fourth-order valence-corrected chi connectivity index (χ4v) is 3.38. The van der Waals surface area contributed by atoms with Crippen molar-refractivity contribution in [3.05, 3.63) is 47.3 Å². The minimum atomic E-state index is -0.989. The van der Waals surface area contributed by atoms with Gasteiger partial charge in [-0.2, -0.15) is 0 Å². The van der Waals surface area contributed by atoms with E-state index in [1.807, 2.05) is 33.8 Å². The molecule has 30 heavy (non-hydrogen) atoms. The maximum absolute atomic E-state index is 12.4. The molecule has 1 amide bonds. The van der Waals surface area contributed by atoms with Crippen molar-refractivity contribution >= 4 is 23.7 Å². The first kappa shape index (κ1) is 21.5. The molecule has 2 heterocycles. The molecule has 0 aliphatic carbocycles. The van der Waals surface area contributed by atoms with E-state index in [2.05, 4.69) is 15.3 Å². The Morgan fingerprint density at radius 2 is 2.03 bits per heavy atom. The number of rotatable bonds is 4. The van der Waals surface area contributed by atoms with Gasteiger partial charge in [-0.3, -0.25) is 0 Å². The number of carbonyl (C=O) groups is 2. The summed E-state index contributed by atoms with van der Waals surface area (Å²) in [7, 11) is 0. The number of aromatic nitrogens is 2. The zero-order valence-corrected chi connectivity index (χ0v) is 17.8. The predicted molar refractivity (Wildman–Crippen MR) is 113 cm³/mol. The van der Waals surface area contributed by atoms with Crippen molar-refractivity contribution in [2.45, 2.75) is 52.1 Å². The van der Waals surface area contributed by atoms with Gasteiger partial charge in [-0.15, -0.1) is 0 Å². The second kappa shape index (κ2) is 8.69. The van der Waals surface area contributed by atoms with Gasteiger partial charge >= 0.3 is 12.1 Å². The molecule has 1 aliphatic rings. The van der Waals surface area contributed by atoms with Crippen LogP contribution in [0, 0.1) is 6.92 Å². The maximum Gasteiger partial charge on any atom is 0.410 e. The number of nitrogens with zero attached hydrogens (tertiary/aromatic N) is 3. The molecule has 0 bridgehead atoms. The summed E-state index contributed by atoms with van der Waals surface area (Å²) in [5.41, 5.74) is 2.04. The van der Waals surface area contributed by atoms with E-state index in [-0.39, 0.29) is 17.6 Å². The monoisotopic (exact) mass is 412 g/mol. The van der Waals surface area contributed by atoms with Crippen molar-refractivity contribution in [3.8, 4) is 0 Å². The topological polar surface area (TPSA) is 105 Å². The Kier molecular flexibility index (Phi) is 6.24. The molecule has 0 radical (unpaired) electrons. The molecule has 3 rings (SSSR count). The Morgan fingerprint density at radius 1 is 1.27 bits per heavy atom. The zero-order chi connectivity index (χ0) is 21.9. The molecule has 8 heteroatoms. The summed E-state index contributed by atoms with van der Waals surface area (Å²) in [6.07, 6.45) is 3.16. The quantitative estimate of drug-likeness (QED) is 0.769. The summed E-state index contributed by atoms with van der Waals surface area (Å²) < 4.78 is 5.50. The number of amides is 1. The van der Waals surface area contributed by atoms with E-state index < -0.39 is 11.6 Å². The van der Waals surface area contributed by atoms with Gasteiger partial charge in [-0.25, -0.2) is 19.6 Å². The number of hydrogen-bond donors (Lipinski definition) is 2. The molecule has 1 fully saturated rings. The first-order valence-electron chi connectivity index (χ1n) is 10.0. The fourth-order valence-electron chi connectivity index (χ4n) is 3.38. The van der Waals surface area contributed by atoms with Crippen LogP contribution in [-0.2, 0) is 4.74 Å². The highest BCUT2D eigenvalue weighted by molar-refractivity contribution is 5.89. The third-order valence-electron chi connectivity index (χ3n) is 4.90. The van der Waals surface area contributed by atoms with E-state index in [1.54, 1.807) is 29.3 Å². The van der Waals surface area contributed by atoms with E-state index in [1.165, 1.54) is 0 Å². The van der Waals surface area contributed by atoms with Crippen LogP contribution >= 0.6 is 0 Å². The highest BCUT2D eigenvalue weighted by Gasteiger charge is 2.29. The van der Waals surface area contributed by atoms with Gasteiger partial charge in [0.1, 0.15) is 5.60 Å². The molecular weight excluding hydrogens is 384 g/mol. The van der Waals surface area contributed by atoms with Crippen molar-refractivity contribution in [1.29, 1.82) is 0 Å². The lowest BCUT2D eigenvalue weighted by Gasteiger charge is -2.34. The van der Waals surface area contributed by atoms with Gasteiger partial charge in [0, 0.05) is 30.9 Å². The highest BCUT2D eigenvalue weighted by Crippen LogP contribution is 2.28. The average molecular weight is 412 g/mol. The Balaban J connectivity index is 1.75. The minimum absolute atomic E-state index is 0.0845. The zero-order valence-electron chi connectivity index (χ0n) is 17.8. The molecule has 1 saturated heterocycles.